The average Bonchev–Trinajstić information content (AvgIpc) is 2.37. The van der Waals surface area contributed by atoms with Crippen molar-refractivity contribution in [2.75, 3.05) is 26.2 Å². The molecule has 3 heteroatoms. The van der Waals surface area contributed by atoms with Gasteiger partial charge in [-0.05, 0) is 25.4 Å². The Hall–Kier alpha value is -0.590. The van der Waals surface area contributed by atoms with Gasteiger partial charge in [-0.25, -0.2) is 0 Å². The van der Waals surface area contributed by atoms with E-state index in [-0.39, 0.29) is 6.04 Å². The molecular weight excluding hydrogens is 210 g/mol. The van der Waals surface area contributed by atoms with E-state index in [1.165, 1.54) is 19.4 Å². The standard InChI is InChI=1S/C14H29N3/c1-5-13(6-2)12-17(8-4)10-9-14(11-15)16-7-3/h13-14,16H,5-10,12H2,1-4H3. The summed E-state index contributed by atoms with van der Waals surface area (Å²) >= 11 is 0. The van der Waals surface area contributed by atoms with Crippen LogP contribution in [-0.2, 0) is 0 Å². The van der Waals surface area contributed by atoms with Gasteiger partial charge in [0.2, 0.25) is 0 Å². The number of nitrogens with zero attached hydrogens (tertiary/aromatic N) is 2. The highest BCUT2D eigenvalue weighted by atomic mass is 15.1. The van der Waals surface area contributed by atoms with Crippen LogP contribution in [0.4, 0.5) is 0 Å². The lowest BCUT2D eigenvalue weighted by Gasteiger charge is -2.26. The summed E-state index contributed by atoms with van der Waals surface area (Å²) in [5.41, 5.74) is 0. The molecule has 0 bridgehead atoms. The molecule has 1 atom stereocenters. The largest absolute Gasteiger partial charge is 0.303 e. The summed E-state index contributed by atoms with van der Waals surface area (Å²) in [5.74, 6) is 0.801. The van der Waals surface area contributed by atoms with Gasteiger partial charge >= 0.3 is 0 Å². The van der Waals surface area contributed by atoms with Crippen LogP contribution in [0.3, 0.4) is 0 Å². The Morgan fingerprint density at radius 3 is 2.24 bits per heavy atom. The molecule has 0 aliphatic rings. The topological polar surface area (TPSA) is 39.1 Å². The second-order valence-corrected chi connectivity index (χ2v) is 4.60. The fourth-order valence-electron chi connectivity index (χ4n) is 2.06. The van der Waals surface area contributed by atoms with E-state index in [1.807, 2.05) is 6.92 Å². The minimum atomic E-state index is 0.00996. The van der Waals surface area contributed by atoms with Crippen LogP contribution in [0.25, 0.3) is 0 Å². The lowest BCUT2D eigenvalue weighted by atomic mass is 10.0. The predicted molar refractivity (Wildman–Crippen MR) is 73.9 cm³/mol. The lowest BCUT2D eigenvalue weighted by Crippen LogP contribution is -2.35. The molecule has 0 radical (unpaired) electrons. The third-order valence-electron chi connectivity index (χ3n) is 3.46. The molecular formula is C14H29N3. The van der Waals surface area contributed by atoms with E-state index in [9.17, 15) is 0 Å². The zero-order chi connectivity index (χ0) is 13.1. The maximum absolute atomic E-state index is 8.99. The SMILES string of the molecule is CCNC(C#N)CCN(CC)CC(CC)CC. The molecule has 0 rings (SSSR count). The fraction of sp³-hybridized carbons (Fsp3) is 0.929. The summed E-state index contributed by atoms with van der Waals surface area (Å²) in [6.45, 7) is 12.9. The zero-order valence-electron chi connectivity index (χ0n) is 12.0. The molecule has 0 fully saturated rings. The van der Waals surface area contributed by atoms with E-state index in [0.717, 1.165) is 32.0 Å². The van der Waals surface area contributed by atoms with Gasteiger partial charge in [0.25, 0.3) is 0 Å². The number of nitriles is 1. The third kappa shape index (κ3) is 7.36. The highest BCUT2D eigenvalue weighted by Gasteiger charge is 2.12. The minimum absolute atomic E-state index is 0.00996. The van der Waals surface area contributed by atoms with Crippen molar-refractivity contribution in [1.82, 2.24) is 10.2 Å². The molecule has 0 amide bonds. The number of rotatable bonds is 10. The number of nitrogens with one attached hydrogen (secondary N) is 1. The van der Waals surface area contributed by atoms with Gasteiger partial charge in [-0.2, -0.15) is 5.26 Å². The molecule has 0 saturated heterocycles. The minimum Gasteiger partial charge on any atom is -0.303 e. The quantitative estimate of drug-likeness (QED) is 0.637. The van der Waals surface area contributed by atoms with Gasteiger partial charge in [-0.3, -0.25) is 0 Å². The van der Waals surface area contributed by atoms with E-state index in [0.29, 0.717) is 0 Å². The Bertz CT molecular complexity index is 206. The molecule has 17 heavy (non-hydrogen) atoms. The zero-order valence-corrected chi connectivity index (χ0v) is 12.0. The van der Waals surface area contributed by atoms with Gasteiger partial charge in [0, 0.05) is 13.1 Å². The van der Waals surface area contributed by atoms with Crippen LogP contribution in [0.5, 0.6) is 0 Å². The second-order valence-electron chi connectivity index (χ2n) is 4.60. The molecule has 0 aliphatic carbocycles. The number of hydrogen-bond acceptors (Lipinski definition) is 3. The summed E-state index contributed by atoms with van der Waals surface area (Å²) < 4.78 is 0. The molecule has 0 saturated carbocycles. The van der Waals surface area contributed by atoms with Crippen LogP contribution in [-0.4, -0.2) is 37.1 Å². The lowest BCUT2D eigenvalue weighted by molar-refractivity contribution is 0.227. The normalized spacial score (nSPS) is 13.0. The van der Waals surface area contributed by atoms with Gasteiger partial charge in [0.05, 0.1) is 12.1 Å². The van der Waals surface area contributed by atoms with E-state index < -0.39 is 0 Å². The predicted octanol–water partition coefficient (Wildman–Crippen LogP) is 2.64. The van der Waals surface area contributed by atoms with Gasteiger partial charge in [0.1, 0.15) is 0 Å². The Labute approximate surface area is 107 Å². The fourth-order valence-corrected chi connectivity index (χ4v) is 2.06. The third-order valence-corrected chi connectivity index (χ3v) is 3.46. The van der Waals surface area contributed by atoms with Gasteiger partial charge < -0.3 is 10.2 Å². The van der Waals surface area contributed by atoms with E-state index >= 15 is 0 Å². The van der Waals surface area contributed by atoms with Crippen LogP contribution < -0.4 is 5.32 Å². The molecule has 0 spiro atoms. The molecule has 1 unspecified atom stereocenters. The van der Waals surface area contributed by atoms with E-state index in [1.54, 1.807) is 0 Å². The monoisotopic (exact) mass is 239 g/mol. The molecule has 0 aromatic carbocycles. The molecule has 0 aliphatic heterocycles. The highest BCUT2D eigenvalue weighted by molar-refractivity contribution is 4.89. The van der Waals surface area contributed by atoms with Crippen molar-refractivity contribution >= 4 is 0 Å². The highest BCUT2D eigenvalue weighted by Crippen LogP contribution is 2.10. The van der Waals surface area contributed by atoms with Crippen LogP contribution in [0.15, 0.2) is 0 Å². The van der Waals surface area contributed by atoms with Gasteiger partial charge in [-0.15, -0.1) is 0 Å². The van der Waals surface area contributed by atoms with Crippen molar-refractivity contribution in [1.29, 1.82) is 5.26 Å². The molecule has 0 aromatic heterocycles. The first kappa shape index (κ1) is 16.4. The molecule has 0 heterocycles. The maximum atomic E-state index is 8.99. The Morgan fingerprint density at radius 2 is 1.82 bits per heavy atom. The first-order chi connectivity index (χ1) is 8.21. The van der Waals surface area contributed by atoms with Crippen molar-refractivity contribution in [2.24, 2.45) is 5.92 Å². The van der Waals surface area contributed by atoms with Gasteiger partial charge in [-0.1, -0.05) is 40.5 Å². The van der Waals surface area contributed by atoms with Crippen molar-refractivity contribution in [3.8, 4) is 6.07 Å². The molecule has 0 aromatic rings. The first-order valence-electron chi connectivity index (χ1n) is 7.06. The van der Waals surface area contributed by atoms with Crippen molar-refractivity contribution < 1.29 is 0 Å². The van der Waals surface area contributed by atoms with Crippen LogP contribution >= 0.6 is 0 Å². The Kier molecular flexibility index (Phi) is 10.2. The van der Waals surface area contributed by atoms with Crippen LogP contribution in [0.2, 0.25) is 0 Å². The molecule has 1 N–H and O–H groups in total. The van der Waals surface area contributed by atoms with Crippen molar-refractivity contribution in [3.05, 3.63) is 0 Å². The Balaban J connectivity index is 4.00. The summed E-state index contributed by atoms with van der Waals surface area (Å²) in [6.07, 6.45) is 3.43. The summed E-state index contributed by atoms with van der Waals surface area (Å²) in [5, 5.41) is 12.2. The average molecular weight is 239 g/mol. The summed E-state index contributed by atoms with van der Waals surface area (Å²) in [4.78, 5) is 2.47. The Morgan fingerprint density at radius 1 is 1.18 bits per heavy atom. The smallest absolute Gasteiger partial charge is 0.0965 e. The molecule has 3 nitrogen and oxygen atoms in total. The van der Waals surface area contributed by atoms with Crippen molar-refractivity contribution in [2.45, 2.75) is 53.0 Å². The molecule has 100 valence electrons. The summed E-state index contributed by atoms with van der Waals surface area (Å²) in [6, 6.07) is 2.34. The van der Waals surface area contributed by atoms with Crippen LogP contribution in [0, 0.1) is 17.2 Å². The van der Waals surface area contributed by atoms with E-state index in [4.69, 9.17) is 5.26 Å². The van der Waals surface area contributed by atoms with E-state index in [2.05, 4.69) is 37.1 Å². The second kappa shape index (κ2) is 10.6. The number of hydrogen-bond donors (Lipinski definition) is 1. The van der Waals surface area contributed by atoms with Crippen LogP contribution in [0.1, 0.15) is 47.0 Å². The summed E-state index contributed by atoms with van der Waals surface area (Å²) in [7, 11) is 0. The van der Waals surface area contributed by atoms with Crippen molar-refractivity contribution in [3.63, 3.8) is 0 Å². The maximum Gasteiger partial charge on any atom is 0.0965 e. The van der Waals surface area contributed by atoms with Gasteiger partial charge in [0.15, 0.2) is 0 Å². The first-order valence-corrected chi connectivity index (χ1v) is 7.06.